The lowest BCUT2D eigenvalue weighted by Gasteiger charge is -2.08. The first-order valence-corrected chi connectivity index (χ1v) is 5.70. The second-order valence-corrected chi connectivity index (χ2v) is 4.45. The van der Waals surface area contributed by atoms with E-state index in [0.29, 0.717) is 6.61 Å². The Hall–Kier alpha value is -1.61. The van der Waals surface area contributed by atoms with E-state index in [1.807, 2.05) is 25.1 Å². The molecule has 0 unspecified atom stereocenters. The van der Waals surface area contributed by atoms with E-state index >= 15 is 0 Å². The average molecular weight is 226 g/mol. The summed E-state index contributed by atoms with van der Waals surface area (Å²) in [6.45, 7) is 2.49. The lowest BCUT2D eigenvalue weighted by atomic mass is 9.55. The maximum Gasteiger partial charge on any atom is 0.362 e. The standard InChI is InChI=1S/C14H12BFO/c1-10-3-2-4-12(7-10)15-14-8-13(16)6-5-11(14)9-17-15/h2-8H,9H2,1H3. The molecular formula is C14H12BFO. The molecule has 0 N–H and O–H groups in total. The van der Waals surface area contributed by atoms with Gasteiger partial charge in [-0.1, -0.05) is 35.9 Å². The number of benzene rings is 2. The molecule has 0 spiro atoms. The van der Waals surface area contributed by atoms with Crippen molar-refractivity contribution in [2.75, 3.05) is 0 Å². The fourth-order valence-corrected chi connectivity index (χ4v) is 2.31. The molecule has 0 aliphatic carbocycles. The first-order valence-electron chi connectivity index (χ1n) is 5.70. The van der Waals surface area contributed by atoms with E-state index in [1.54, 1.807) is 12.1 Å². The van der Waals surface area contributed by atoms with Crippen LogP contribution in [0, 0.1) is 12.7 Å². The predicted molar refractivity (Wildman–Crippen MR) is 67.4 cm³/mol. The van der Waals surface area contributed by atoms with Crippen molar-refractivity contribution >= 4 is 17.8 Å². The van der Waals surface area contributed by atoms with E-state index in [1.165, 1.54) is 11.6 Å². The van der Waals surface area contributed by atoms with Gasteiger partial charge in [-0.15, -0.1) is 0 Å². The highest BCUT2D eigenvalue weighted by molar-refractivity contribution is 6.81. The second-order valence-electron chi connectivity index (χ2n) is 4.45. The molecule has 0 fully saturated rings. The molecular weight excluding hydrogens is 214 g/mol. The normalized spacial score (nSPS) is 13.9. The van der Waals surface area contributed by atoms with Gasteiger partial charge in [-0.2, -0.15) is 0 Å². The number of halogens is 1. The van der Waals surface area contributed by atoms with Crippen LogP contribution in [0.25, 0.3) is 0 Å². The summed E-state index contributed by atoms with van der Waals surface area (Å²) >= 11 is 0. The highest BCUT2D eigenvalue weighted by atomic mass is 19.1. The van der Waals surface area contributed by atoms with Gasteiger partial charge in [0.1, 0.15) is 5.82 Å². The van der Waals surface area contributed by atoms with Crippen LogP contribution in [-0.4, -0.2) is 6.92 Å². The number of aryl methyl sites for hydroxylation is 1. The van der Waals surface area contributed by atoms with Crippen LogP contribution in [0.1, 0.15) is 11.1 Å². The Bertz CT molecular complexity index is 568. The Kier molecular flexibility index (Phi) is 2.48. The molecule has 1 aliphatic rings. The number of rotatable bonds is 1. The van der Waals surface area contributed by atoms with Crippen molar-refractivity contribution in [2.24, 2.45) is 0 Å². The van der Waals surface area contributed by atoms with Crippen molar-refractivity contribution in [3.63, 3.8) is 0 Å². The molecule has 1 aliphatic heterocycles. The quantitative estimate of drug-likeness (QED) is 0.673. The van der Waals surface area contributed by atoms with E-state index in [4.69, 9.17) is 4.65 Å². The molecule has 2 aromatic carbocycles. The van der Waals surface area contributed by atoms with E-state index in [9.17, 15) is 4.39 Å². The monoisotopic (exact) mass is 226 g/mol. The van der Waals surface area contributed by atoms with Crippen LogP contribution in [0.15, 0.2) is 42.5 Å². The van der Waals surface area contributed by atoms with Crippen molar-refractivity contribution in [1.82, 2.24) is 0 Å². The lowest BCUT2D eigenvalue weighted by molar-refractivity contribution is 0.337. The third kappa shape index (κ3) is 1.87. The number of hydrogen-bond acceptors (Lipinski definition) is 1. The highest BCUT2D eigenvalue weighted by Crippen LogP contribution is 2.12. The second kappa shape index (κ2) is 4.00. The predicted octanol–water partition coefficient (Wildman–Crippen LogP) is 1.77. The molecule has 1 nitrogen and oxygen atoms in total. The van der Waals surface area contributed by atoms with Crippen LogP contribution in [0.5, 0.6) is 0 Å². The average Bonchev–Trinajstić information content (AvgIpc) is 2.71. The van der Waals surface area contributed by atoms with Crippen molar-refractivity contribution in [3.05, 3.63) is 59.4 Å². The Balaban J connectivity index is 2.06. The summed E-state index contributed by atoms with van der Waals surface area (Å²) in [5.41, 5.74) is 4.32. The van der Waals surface area contributed by atoms with Gasteiger partial charge in [0, 0.05) is 0 Å². The summed E-state index contributed by atoms with van der Waals surface area (Å²) in [5.74, 6) is -0.202. The summed E-state index contributed by atoms with van der Waals surface area (Å²) in [7, 11) is 0. The molecule has 17 heavy (non-hydrogen) atoms. The summed E-state index contributed by atoms with van der Waals surface area (Å²) in [6.07, 6.45) is 0. The Labute approximate surface area is 100 Å². The molecule has 0 radical (unpaired) electrons. The van der Waals surface area contributed by atoms with Crippen molar-refractivity contribution < 1.29 is 9.04 Å². The van der Waals surface area contributed by atoms with Crippen LogP contribution in [0.3, 0.4) is 0 Å². The third-order valence-corrected chi connectivity index (χ3v) is 3.14. The molecule has 0 saturated heterocycles. The molecule has 0 aromatic heterocycles. The molecule has 0 atom stereocenters. The van der Waals surface area contributed by atoms with E-state index in [0.717, 1.165) is 16.5 Å². The van der Waals surface area contributed by atoms with Gasteiger partial charge in [0.05, 0.1) is 6.61 Å². The Morgan fingerprint density at radius 1 is 1.18 bits per heavy atom. The first-order chi connectivity index (χ1) is 8.24. The summed E-state index contributed by atoms with van der Waals surface area (Å²) < 4.78 is 19.0. The highest BCUT2D eigenvalue weighted by Gasteiger charge is 2.30. The minimum absolute atomic E-state index is 0.124. The van der Waals surface area contributed by atoms with Gasteiger partial charge in [0.2, 0.25) is 0 Å². The molecule has 0 saturated carbocycles. The van der Waals surface area contributed by atoms with Crippen LogP contribution >= 0.6 is 0 Å². The van der Waals surface area contributed by atoms with Gasteiger partial charge in [-0.25, -0.2) is 4.39 Å². The minimum Gasteiger partial charge on any atom is -0.423 e. The zero-order valence-corrected chi connectivity index (χ0v) is 9.61. The third-order valence-electron chi connectivity index (χ3n) is 3.14. The van der Waals surface area contributed by atoms with E-state index in [-0.39, 0.29) is 12.7 Å². The summed E-state index contributed by atoms with van der Waals surface area (Å²) in [4.78, 5) is 0. The topological polar surface area (TPSA) is 9.23 Å². The van der Waals surface area contributed by atoms with Crippen LogP contribution in [0.4, 0.5) is 4.39 Å². The molecule has 1 heterocycles. The van der Waals surface area contributed by atoms with Gasteiger partial charge in [-0.3, -0.25) is 0 Å². The molecule has 0 amide bonds. The molecule has 3 rings (SSSR count). The van der Waals surface area contributed by atoms with E-state index < -0.39 is 0 Å². The fraction of sp³-hybridized carbons (Fsp3) is 0.143. The first kappa shape index (κ1) is 10.5. The van der Waals surface area contributed by atoms with Gasteiger partial charge in [0.25, 0.3) is 0 Å². The van der Waals surface area contributed by atoms with Crippen LogP contribution in [0.2, 0.25) is 0 Å². The molecule has 3 heteroatoms. The molecule has 84 valence electrons. The van der Waals surface area contributed by atoms with Crippen LogP contribution in [-0.2, 0) is 11.3 Å². The van der Waals surface area contributed by atoms with Gasteiger partial charge < -0.3 is 4.65 Å². The molecule has 2 aromatic rings. The van der Waals surface area contributed by atoms with Gasteiger partial charge >= 0.3 is 6.92 Å². The minimum atomic E-state index is -0.202. The maximum atomic E-state index is 13.3. The van der Waals surface area contributed by atoms with Crippen LogP contribution < -0.4 is 10.9 Å². The van der Waals surface area contributed by atoms with E-state index in [2.05, 4.69) is 6.07 Å². The molecule has 0 bridgehead atoms. The Morgan fingerprint density at radius 2 is 2.06 bits per heavy atom. The summed E-state index contributed by atoms with van der Waals surface area (Å²) in [5, 5.41) is 0. The van der Waals surface area contributed by atoms with Gasteiger partial charge in [-0.05, 0) is 35.5 Å². The van der Waals surface area contributed by atoms with Crippen molar-refractivity contribution in [1.29, 1.82) is 0 Å². The zero-order chi connectivity index (χ0) is 11.8. The van der Waals surface area contributed by atoms with Crippen molar-refractivity contribution in [3.8, 4) is 0 Å². The maximum absolute atomic E-state index is 13.3. The fourth-order valence-electron chi connectivity index (χ4n) is 2.31. The zero-order valence-electron chi connectivity index (χ0n) is 9.61. The number of hydrogen-bond donors (Lipinski definition) is 0. The lowest BCUT2D eigenvalue weighted by Crippen LogP contribution is -2.41. The van der Waals surface area contributed by atoms with Crippen molar-refractivity contribution in [2.45, 2.75) is 13.5 Å². The SMILES string of the molecule is Cc1cccc(B2OCc3ccc(F)cc32)c1. The smallest absolute Gasteiger partial charge is 0.362 e. The largest absolute Gasteiger partial charge is 0.423 e. The number of fused-ring (bicyclic) bond motifs is 1. The summed E-state index contributed by atoms with van der Waals surface area (Å²) in [6, 6.07) is 13.0. The Morgan fingerprint density at radius 3 is 2.88 bits per heavy atom. The van der Waals surface area contributed by atoms with Gasteiger partial charge in [0.15, 0.2) is 0 Å².